The first-order chi connectivity index (χ1) is 10.2. The molecule has 1 amide bonds. The third-order valence-electron chi connectivity index (χ3n) is 3.14. The fraction of sp³-hybridized carbons (Fsp3) is 0.588. The third kappa shape index (κ3) is 9.91. The predicted molar refractivity (Wildman–Crippen MR) is 86.2 cm³/mol. The molecule has 0 aliphatic carbocycles. The molecule has 0 fully saturated rings. The zero-order valence-corrected chi connectivity index (χ0v) is 13.2. The number of hydrogen-bond donors (Lipinski definition) is 2. The van der Waals surface area contributed by atoms with Crippen LogP contribution >= 0.6 is 0 Å². The van der Waals surface area contributed by atoms with E-state index in [4.69, 9.17) is 4.74 Å². The van der Waals surface area contributed by atoms with Crippen molar-refractivity contribution in [1.82, 2.24) is 10.6 Å². The normalized spacial score (nSPS) is 10.6. The zero-order chi connectivity index (χ0) is 15.3. The Morgan fingerprint density at radius 3 is 2.38 bits per heavy atom. The molecular weight excluding hydrogens is 264 g/mol. The maximum absolute atomic E-state index is 11.5. The van der Waals surface area contributed by atoms with E-state index in [1.807, 2.05) is 30.3 Å². The first-order valence-electron chi connectivity index (χ1n) is 7.86. The van der Waals surface area contributed by atoms with Gasteiger partial charge in [-0.15, -0.1) is 0 Å². The highest BCUT2D eigenvalue weighted by Gasteiger charge is 2.01. The largest absolute Gasteiger partial charge is 0.445 e. The first-order valence-corrected chi connectivity index (χ1v) is 7.86. The number of alkyl carbamates (subject to hydrolysis) is 1. The molecule has 2 N–H and O–H groups in total. The number of unbranched alkanes of at least 4 members (excludes halogenated alkanes) is 3. The monoisotopic (exact) mass is 292 g/mol. The van der Waals surface area contributed by atoms with Crippen molar-refractivity contribution in [2.75, 3.05) is 13.1 Å². The molecule has 1 aromatic rings. The maximum atomic E-state index is 11.5. The van der Waals surface area contributed by atoms with Crippen LogP contribution in [-0.4, -0.2) is 25.2 Å². The van der Waals surface area contributed by atoms with Gasteiger partial charge in [-0.25, -0.2) is 4.79 Å². The smallest absolute Gasteiger partial charge is 0.407 e. The standard InChI is InChI=1S/C17H28N2O2/c1-15(2)18-12-8-3-4-9-13-19-17(20)21-14-16-10-6-5-7-11-16/h5-7,10-11,15,18H,3-4,8-9,12-14H2,1-2H3,(H,19,20). The molecule has 0 saturated heterocycles. The molecule has 4 nitrogen and oxygen atoms in total. The number of ether oxygens (including phenoxy) is 1. The number of hydrogen-bond acceptors (Lipinski definition) is 3. The van der Waals surface area contributed by atoms with Crippen LogP contribution in [0.5, 0.6) is 0 Å². The van der Waals surface area contributed by atoms with Gasteiger partial charge in [0.15, 0.2) is 0 Å². The van der Waals surface area contributed by atoms with Gasteiger partial charge < -0.3 is 15.4 Å². The van der Waals surface area contributed by atoms with Gasteiger partial charge in [0.2, 0.25) is 0 Å². The molecule has 4 heteroatoms. The minimum absolute atomic E-state index is 0.327. The van der Waals surface area contributed by atoms with Crippen molar-refractivity contribution < 1.29 is 9.53 Å². The molecular formula is C17H28N2O2. The number of amides is 1. The van der Waals surface area contributed by atoms with E-state index in [1.165, 1.54) is 12.8 Å². The van der Waals surface area contributed by atoms with Crippen molar-refractivity contribution in [2.45, 2.75) is 52.2 Å². The van der Waals surface area contributed by atoms with Gasteiger partial charge in [-0.2, -0.15) is 0 Å². The Hall–Kier alpha value is -1.55. The average molecular weight is 292 g/mol. The average Bonchev–Trinajstić information content (AvgIpc) is 2.48. The first kappa shape index (κ1) is 17.5. The second-order valence-electron chi connectivity index (χ2n) is 5.51. The van der Waals surface area contributed by atoms with Gasteiger partial charge in [-0.1, -0.05) is 57.0 Å². The van der Waals surface area contributed by atoms with Crippen LogP contribution in [-0.2, 0) is 11.3 Å². The maximum Gasteiger partial charge on any atom is 0.407 e. The van der Waals surface area contributed by atoms with Crippen LogP contribution in [0.25, 0.3) is 0 Å². The van der Waals surface area contributed by atoms with E-state index in [2.05, 4.69) is 24.5 Å². The molecule has 21 heavy (non-hydrogen) atoms. The van der Waals surface area contributed by atoms with Crippen LogP contribution in [0.4, 0.5) is 4.79 Å². The Morgan fingerprint density at radius 2 is 1.71 bits per heavy atom. The van der Waals surface area contributed by atoms with Crippen LogP contribution in [0.3, 0.4) is 0 Å². The van der Waals surface area contributed by atoms with Gasteiger partial charge in [-0.05, 0) is 24.9 Å². The van der Waals surface area contributed by atoms with Gasteiger partial charge in [0.05, 0.1) is 0 Å². The summed E-state index contributed by atoms with van der Waals surface area (Å²) < 4.78 is 5.14. The van der Waals surface area contributed by atoms with Crippen LogP contribution < -0.4 is 10.6 Å². The lowest BCUT2D eigenvalue weighted by molar-refractivity contribution is 0.139. The van der Waals surface area contributed by atoms with Crippen molar-refractivity contribution in [1.29, 1.82) is 0 Å². The van der Waals surface area contributed by atoms with Crippen molar-refractivity contribution in [3.8, 4) is 0 Å². The molecule has 0 atom stereocenters. The molecule has 0 radical (unpaired) electrons. The van der Waals surface area contributed by atoms with Crippen LogP contribution in [0.2, 0.25) is 0 Å². The Morgan fingerprint density at radius 1 is 1.05 bits per heavy atom. The molecule has 0 aromatic heterocycles. The Labute approximate surface area is 128 Å². The summed E-state index contributed by atoms with van der Waals surface area (Å²) in [6.45, 7) is 6.40. The van der Waals surface area contributed by atoms with Gasteiger partial charge >= 0.3 is 6.09 Å². The Kier molecular flexibility index (Phi) is 9.29. The van der Waals surface area contributed by atoms with E-state index in [-0.39, 0.29) is 6.09 Å². The quantitative estimate of drug-likeness (QED) is 0.649. The highest BCUT2D eigenvalue weighted by molar-refractivity contribution is 5.67. The van der Waals surface area contributed by atoms with Gasteiger partial charge in [0.1, 0.15) is 6.61 Å². The van der Waals surface area contributed by atoms with Crippen LogP contribution in [0.1, 0.15) is 45.1 Å². The molecule has 1 rings (SSSR count). The summed E-state index contributed by atoms with van der Waals surface area (Å²) in [5, 5.41) is 6.18. The van der Waals surface area contributed by atoms with E-state index in [0.29, 0.717) is 19.2 Å². The topological polar surface area (TPSA) is 50.4 Å². The van der Waals surface area contributed by atoms with Crippen molar-refractivity contribution in [2.24, 2.45) is 0 Å². The Bertz CT molecular complexity index is 380. The van der Waals surface area contributed by atoms with Gasteiger partial charge in [0.25, 0.3) is 0 Å². The molecule has 0 heterocycles. The lowest BCUT2D eigenvalue weighted by atomic mass is 10.2. The highest BCUT2D eigenvalue weighted by Crippen LogP contribution is 2.01. The molecule has 0 aliphatic rings. The van der Waals surface area contributed by atoms with Crippen molar-refractivity contribution >= 4 is 6.09 Å². The SMILES string of the molecule is CC(C)NCCCCCCNC(=O)OCc1ccccc1. The van der Waals surface area contributed by atoms with Gasteiger partial charge in [0, 0.05) is 12.6 Å². The fourth-order valence-electron chi connectivity index (χ4n) is 1.96. The number of benzene rings is 1. The molecule has 0 spiro atoms. The lowest BCUT2D eigenvalue weighted by Crippen LogP contribution is -2.25. The van der Waals surface area contributed by atoms with E-state index < -0.39 is 0 Å². The van der Waals surface area contributed by atoms with E-state index in [0.717, 1.165) is 24.9 Å². The summed E-state index contributed by atoms with van der Waals surface area (Å²) in [7, 11) is 0. The lowest BCUT2D eigenvalue weighted by Gasteiger charge is -2.08. The van der Waals surface area contributed by atoms with E-state index in [9.17, 15) is 4.79 Å². The fourth-order valence-corrected chi connectivity index (χ4v) is 1.96. The molecule has 118 valence electrons. The van der Waals surface area contributed by atoms with E-state index in [1.54, 1.807) is 0 Å². The minimum atomic E-state index is -0.333. The van der Waals surface area contributed by atoms with Crippen LogP contribution in [0.15, 0.2) is 30.3 Å². The number of carbonyl (C=O) groups excluding carboxylic acids is 1. The van der Waals surface area contributed by atoms with E-state index >= 15 is 0 Å². The van der Waals surface area contributed by atoms with Gasteiger partial charge in [-0.3, -0.25) is 0 Å². The predicted octanol–water partition coefficient (Wildman–Crippen LogP) is 3.47. The number of carbonyl (C=O) groups is 1. The van der Waals surface area contributed by atoms with Crippen molar-refractivity contribution in [3.63, 3.8) is 0 Å². The summed E-state index contributed by atoms with van der Waals surface area (Å²) in [6.07, 6.45) is 4.19. The van der Waals surface area contributed by atoms with Crippen LogP contribution in [0, 0.1) is 0 Å². The molecule has 1 aromatic carbocycles. The Balaban J connectivity index is 1.92. The highest BCUT2D eigenvalue weighted by atomic mass is 16.5. The molecule has 0 saturated carbocycles. The number of nitrogens with one attached hydrogen (secondary N) is 2. The molecule has 0 aliphatic heterocycles. The summed E-state index contributed by atoms with van der Waals surface area (Å²) in [6, 6.07) is 10.3. The number of rotatable bonds is 10. The third-order valence-corrected chi connectivity index (χ3v) is 3.14. The second kappa shape index (κ2) is 11.1. The zero-order valence-electron chi connectivity index (χ0n) is 13.2. The minimum Gasteiger partial charge on any atom is -0.445 e. The second-order valence-corrected chi connectivity index (χ2v) is 5.51. The summed E-state index contributed by atoms with van der Waals surface area (Å²) in [4.78, 5) is 11.5. The summed E-state index contributed by atoms with van der Waals surface area (Å²) in [5.41, 5.74) is 1.00. The molecule has 0 unspecified atom stereocenters. The van der Waals surface area contributed by atoms with Crippen molar-refractivity contribution in [3.05, 3.63) is 35.9 Å². The summed E-state index contributed by atoms with van der Waals surface area (Å²) >= 11 is 0. The summed E-state index contributed by atoms with van der Waals surface area (Å²) in [5.74, 6) is 0. The molecule has 0 bridgehead atoms.